The molecule has 0 aliphatic carbocycles. The molecule has 0 radical (unpaired) electrons. The third kappa shape index (κ3) is 3.65. The van der Waals surface area contributed by atoms with E-state index in [9.17, 15) is 8.78 Å². The van der Waals surface area contributed by atoms with Crippen LogP contribution in [0.2, 0.25) is 0 Å². The van der Waals surface area contributed by atoms with Crippen molar-refractivity contribution in [3.63, 3.8) is 0 Å². The summed E-state index contributed by atoms with van der Waals surface area (Å²) < 4.78 is 33.3. The Kier molecular flexibility index (Phi) is 5.67. The molecule has 0 amide bonds. The van der Waals surface area contributed by atoms with E-state index in [1.165, 1.54) is 6.20 Å². The number of aromatic nitrogens is 3. The molecular weight excluding hydrogens is 434 g/mol. The molecule has 3 aromatic carbocycles. The molecule has 5 nitrogen and oxygen atoms in total. The average Bonchev–Trinajstić information content (AvgIpc) is 3.23. The second-order valence-corrected chi connectivity index (χ2v) is 7.85. The van der Waals surface area contributed by atoms with Crippen molar-refractivity contribution in [2.24, 2.45) is 0 Å². The van der Waals surface area contributed by atoms with Gasteiger partial charge in [0.2, 0.25) is 5.88 Å². The predicted molar refractivity (Wildman–Crippen MR) is 128 cm³/mol. The highest BCUT2D eigenvalue weighted by molar-refractivity contribution is 5.86. The fraction of sp³-hybridized carbons (Fsp3) is 0.111. The van der Waals surface area contributed by atoms with E-state index in [2.05, 4.69) is 4.98 Å². The minimum Gasteiger partial charge on any atom is -0.470 e. The number of fused-ring (bicyclic) bond motifs is 1. The smallest absolute Gasteiger partial charge is 0.272 e. The van der Waals surface area contributed by atoms with Crippen LogP contribution in [0.15, 0.2) is 103 Å². The van der Waals surface area contributed by atoms with Crippen LogP contribution < -0.4 is 10.5 Å². The number of benzene rings is 3. The SMILES string of the molecule is Nc1cc2c(cn1)c(OCC(F)F)nn2C(c1ccccc1)(c1ccccc1)c1ccccc1. The molecule has 2 aromatic heterocycles. The Hall–Kier alpha value is -4.26. The molecule has 0 bridgehead atoms. The van der Waals surface area contributed by atoms with Crippen LogP contribution in [0.5, 0.6) is 5.88 Å². The lowest BCUT2D eigenvalue weighted by molar-refractivity contribution is 0.0797. The zero-order valence-electron chi connectivity index (χ0n) is 18.2. The van der Waals surface area contributed by atoms with Crippen LogP contribution in [0, 0.1) is 0 Å². The van der Waals surface area contributed by atoms with Crippen molar-refractivity contribution in [3.8, 4) is 5.88 Å². The van der Waals surface area contributed by atoms with Crippen molar-refractivity contribution in [3.05, 3.63) is 120 Å². The number of pyridine rings is 1. The Morgan fingerprint density at radius 2 is 1.32 bits per heavy atom. The van der Waals surface area contributed by atoms with Gasteiger partial charge in [-0.3, -0.25) is 0 Å². The highest BCUT2D eigenvalue weighted by atomic mass is 19.3. The van der Waals surface area contributed by atoms with Crippen molar-refractivity contribution in [2.45, 2.75) is 12.0 Å². The maximum atomic E-state index is 13.0. The molecule has 7 heteroatoms. The van der Waals surface area contributed by atoms with Crippen LogP contribution in [0.3, 0.4) is 0 Å². The molecule has 0 spiro atoms. The number of hydrogen-bond donors (Lipinski definition) is 1. The molecule has 5 aromatic rings. The summed E-state index contributed by atoms with van der Waals surface area (Å²) in [5.74, 6) is 0.368. The molecule has 0 atom stereocenters. The molecular formula is C27H22F2N4O. The van der Waals surface area contributed by atoms with Crippen LogP contribution in [0.1, 0.15) is 16.7 Å². The number of hydrogen-bond acceptors (Lipinski definition) is 4. The summed E-state index contributed by atoms with van der Waals surface area (Å²) in [6, 6.07) is 31.5. The Morgan fingerprint density at radius 1 is 0.824 bits per heavy atom. The van der Waals surface area contributed by atoms with E-state index in [-0.39, 0.29) is 11.7 Å². The first-order valence-corrected chi connectivity index (χ1v) is 10.8. The highest BCUT2D eigenvalue weighted by Gasteiger charge is 2.41. The molecule has 0 saturated heterocycles. The van der Waals surface area contributed by atoms with Gasteiger partial charge in [0.15, 0.2) is 6.61 Å². The third-order valence-corrected chi connectivity index (χ3v) is 5.79. The molecule has 2 N–H and O–H groups in total. The molecule has 0 saturated carbocycles. The summed E-state index contributed by atoms with van der Waals surface area (Å²) in [7, 11) is 0. The maximum absolute atomic E-state index is 13.0. The molecule has 170 valence electrons. The Labute approximate surface area is 195 Å². The van der Waals surface area contributed by atoms with E-state index < -0.39 is 18.6 Å². The zero-order chi connectivity index (χ0) is 23.5. The second-order valence-electron chi connectivity index (χ2n) is 7.85. The number of anilines is 1. The van der Waals surface area contributed by atoms with Gasteiger partial charge < -0.3 is 10.5 Å². The second kappa shape index (κ2) is 8.94. The van der Waals surface area contributed by atoms with Crippen LogP contribution in [-0.4, -0.2) is 27.8 Å². The summed E-state index contributed by atoms with van der Waals surface area (Å²) in [5, 5.41) is 5.27. The number of alkyl halides is 2. The van der Waals surface area contributed by atoms with Crippen LogP contribution in [0.4, 0.5) is 14.6 Å². The minimum atomic E-state index is -2.64. The van der Waals surface area contributed by atoms with Gasteiger partial charge in [0.25, 0.3) is 6.43 Å². The van der Waals surface area contributed by atoms with E-state index in [1.54, 1.807) is 10.7 Å². The van der Waals surface area contributed by atoms with Gasteiger partial charge >= 0.3 is 0 Å². The molecule has 0 aliphatic rings. The molecule has 2 heterocycles. The number of ether oxygens (including phenoxy) is 1. The zero-order valence-corrected chi connectivity index (χ0v) is 18.2. The van der Waals surface area contributed by atoms with Crippen molar-refractivity contribution in [2.75, 3.05) is 12.3 Å². The topological polar surface area (TPSA) is 66.0 Å². The number of nitrogens with zero attached hydrogens (tertiary/aromatic N) is 3. The fourth-order valence-corrected chi connectivity index (χ4v) is 4.41. The molecule has 34 heavy (non-hydrogen) atoms. The van der Waals surface area contributed by atoms with E-state index in [4.69, 9.17) is 15.6 Å². The Balaban J connectivity index is 1.92. The predicted octanol–water partition coefficient (Wildman–Crippen LogP) is 5.50. The van der Waals surface area contributed by atoms with Gasteiger partial charge in [-0.2, -0.15) is 0 Å². The van der Waals surface area contributed by atoms with E-state index in [0.717, 1.165) is 16.7 Å². The van der Waals surface area contributed by atoms with Crippen LogP contribution in [0.25, 0.3) is 10.9 Å². The number of rotatable bonds is 7. The summed E-state index contributed by atoms with van der Waals surface area (Å²) >= 11 is 0. The maximum Gasteiger partial charge on any atom is 0.272 e. The van der Waals surface area contributed by atoms with Gasteiger partial charge in [0, 0.05) is 12.3 Å². The van der Waals surface area contributed by atoms with Crippen LogP contribution in [-0.2, 0) is 5.54 Å². The van der Waals surface area contributed by atoms with Crippen LogP contribution >= 0.6 is 0 Å². The Morgan fingerprint density at radius 3 is 1.79 bits per heavy atom. The summed E-state index contributed by atoms with van der Waals surface area (Å²) in [4.78, 5) is 4.17. The first-order valence-electron chi connectivity index (χ1n) is 10.8. The standard InChI is InChI=1S/C27H22F2N4O/c28-24(29)18-34-26-22-17-31-25(30)16-23(22)33(32-26)27(19-10-4-1-5-11-19,20-12-6-2-7-13-20)21-14-8-3-9-15-21/h1-17,24H,18H2,(H2,30,31). The normalized spacial score (nSPS) is 11.7. The lowest BCUT2D eigenvalue weighted by Gasteiger charge is -2.36. The number of nitrogen functional groups attached to an aromatic ring is 1. The first kappa shape index (κ1) is 21.6. The lowest BCUT2D eigenvalue weighted by Crippen LogP contribution is -2.38. The summed E-state index contributed by atoms with van der Waals surface area (Å²) in [6.45, 7) is -0.772. The van der Waals surface area contributed by atoms with E-state index in [0.29, 0.717) is 10.9 Å². The molecule has 0 unspecified atom stereocenters. The minimum absolute atomic E-state index is 0.0787. The van der Waals surface area contributed by atoms with Gasteiger partial charge in [-0.1, -0.05) is 91.0 Å². The van der Waals surface area contributed by atoms with Crippen molar-refractivity contribution >= 4 is 16.7 Å². The van der Waals surface area contributed by atoms with E-state index in [1.807, 2.05) is 91.0 Å². The van der Waals surface area contributed by atoms with Crippen molar-refractivity contribution < 1.29 is 13.5 Å². The van der Waals surface area contributed by atoms with Gasteiger partial charge in [-0.15, -0.1) is 5.10 Å². The summed E-state index contributed by atoms with van der Waals surface area (Å²) in [6.07, 6.45) is -1.12. The monoisotopic (exact) mass is 456 g/mol. The van der Waals surface area contributed by atoms with Gasteiger partial charge in [0.1, 0.15) is 11.4 Å². The lowest BCUT2D eigenvalue weighted by atomic mass is 9.77. The molecule has 5 rings (SSSR count). The van der Waals surface area contributed by atoms with Gasteiger partial charge in [-0.05, 0) is 16.7 Å². The number of halogens is 2. The third-order valence-electron chi connectivity index (χ3n) is 5.79. The first-order chi connectivity index (χ1) is 16.6. The van der Waals surface area contributed by atoms with Gasteiger partial charge in [0.05, 0.1) is 10.9 Å². The van der Waals surface area contributed by atoms with Crippen molar-refractivity contribution in [1.82, 2.24) is 14.8 Å². The molecule has 0 aliphatic heterocycles. The quantitative estimate of drug-likeness (QED) is 0.329. The Bertz CT molecular complexity index is 1290. The number of nitrogens with two attached hydrogens (primary N) is 1. The molecule has 0 fully saturated rings. The largest absolute Gasteiger partial charge is 0.470 e. The highest BCUT2D eigenvalue weighted by Crippen LogP contribution is 2.43. The van der Waals surface area contributed by atoms with E-state index >= 15 is 0 Å². The van der Waals surface area contributed by atoms with Crippen molar-refractivity contribution in [1.29, 1.82) is 0 Å². The summed E-state index contributed by atoms with van der Waals surface area (Å²) in [5.41, 5.74) is 8.56. The average molecular weight is 456 g/mol. The van der Waals surface area contributed by atoms with Gasteiger partial charge in [-0.25, -0.2) is 18.4 Å². The fourth-order valence-electron chi connectivity index (χ4n) is 4.41.